The van der Waals surface area contributed by atoms with Crippen LogP contribution in [-0.2, 0) is 28.6 Å². The third kappa shape index (κ3) is 57.2. The second-order valence-corrected chi connectivity index (χ2v) is 20.2. The van der Waals surface area contributed by atoms with E-state index in [9.17, 15) is 14.4 Å². The molecule has 0 aromatic rings. The lowest BCUT2D eigenvalue weighted by atomic mass is 10.1. The highest BCUT2D eigenvalue weighted by Crippen LogP contribution is 2.16. The van der Waals surface area contributed by atoms with Crippen LogP contribution in [0.4, 0.5) is 0 Å². The quantitative estimate of drug-likeness (QED) is 0.0199. The van der Waals surface area contributed by atoms with E-state index in [1.807, 2.05) is 18.2 Å². The molecule has 0 aromatic carbocycles. The smallest absolute Gasteiger partial charge is 0.306 e. The van der Waals surface area contributed by atoms with Gasteiger partial charge in [-0.1, -0.05) is 172 Å². The van der Waals surface area contributed by atoms with Crippen LogP contribution in [-0.4, -0.2) is 37.2 Å². The summed E-state index contributed by atoms with van der Waals surface area (Å²) in [5.41, 5.74) is 0. The molecule has 0 amide bonds. The highest BCUT2D eigenvalue weighted by atomic mass is 16.6. The maximum Gasteiger partial charge on any atom is 0.306 e. The SMILES string of the molecule is C=CCCCCCCCCCCCCC#CCCCCC(=O)OCC(COC(=O)CCCCC#CCCCCCCCCCCCCC=C)OC(=O)CCCCC#CCCCCCCCCCCCCC=C. The van der Waals surface area contributed by atoms with Gasteiger partial charge in [0, 0.05) is 57.8 Å². The van der Waals surface area contributed by atoms with E-state index in [0.29, 0.717) is 19.3 Å². The lowest BCUT2D eigenvalue weighted by Crippen LogP contribution is -2.30. The van der Waals surface area contributed by atoms with Crippen LogP contribution in [0.25, 0.3) is 0 Å². The molecule has 0 saturated heterocycles. The molecule has 72 heavy (non-hydrogen) atoms. The Bertz CT molecular complexity index is 1390. The van der Waals surface area contributed by atoms with Gasteiger partial charge >= 0.3 is 17.9 Å². The van der Waals surface area contributed by atoms with Gasteiger partial charge in [0.25, 0.3) is 0 Å². The van der Waals surface area contributed by atoms with Crippen LogP contribution in [0.5, 0.6) is 0 Å². The summed E-state index contributed by atoms with van der Waals surface area (Å²) < 4.78 is 16.7. The molecule has 0 heterocycles. The van der Waals surface area contributed by atoms with Crippen molar-refractivity contribution in [1.29, 1.82) is 0 Å². The minimum absolute atomic E-state index is 0.137. The van der Waals surface area contributed by atoms with Crippen molar-refractivity contribution in [1.82, 2.24) is 0 Å². The van der Waals surface area contributed by atoms with E-state index in [-0.39, 0.29) is 50.4 Å². The van der Waals surface area contributed by atoms with Crippen molar-refractivity contribution >= 4 is 17.9 Å². The van der Waals surface area contributed by atoms with Crippen LogP contribution >= 0.6 is 0 Å². The van der Waals surface area contributed by atoms with Crippen LogP contribution in [0.15, 0.2) is 38.0 Å². The fraction of sp³-hybridized carbons (Fsp3) is 0.773. The molecule has 0 aromatic heterocycles. The number of rotatable bonds is 53. The maximum atomic E-state index is 12.8. The summed E-state index contributed by atoms with van der Waals surface area (Å²) in [5.74, 6) is 18.6. The van der Waals surface area contributed by atoms with Gasteiger partial charge in [-0.05, 0) is 96.3 Å². The van der Waals surface area contributed by atoms with E-state index in [0.717, 1.165) is 96.3 Å². The Balaban J connectivity index is 4.45. The molecule has 0 aliphatic rings. The molecule has 0 aliphatic carbocycles. The molecule has 0 unspecified atom stereocenters. The Hall–Kier alpha value is -3.69. The molecular formula is C66H110O6. The van der Waals surface area contributed by atoms with E-state index in [2.05, 4.69) is 55.3 Å². The minimum Gasteiger partial charge on any atom is -0.462 e. The van der Waals surface area contributed by atoms with Crippen molar-refractivity contribution in [3.05, 3.63) is 38.0 Å². The number of ether oxygens (including phenoxy) is 3. The summed E-state index contributed by atoms with van der Waals surface area (Å²) in [7, 11) is 0. The highest BCUT2D eigenvalue weighted by molar-refractivity contribution is 5.71. The number of esters is 3. The molecule has 0 aliphatic heterocycles. The first kappa shape index (κ1) is 68.3. The van der Waals surface area contributed by atoms with Crippen molar-refractivity contribution < 1.29 is 28.6 Å². The fourth-order valence-corrected chi connectivity index (χ4v) is 8.60. The molecule has 0 N–H and O–H groups in total. The molecule has 0 rings (SSSR count). The average molecular weight is 1000 g/mol. The number of unbranched alkanes of at least 4 members (excludes halogenated alkanes) is 39. The number of hydrogen-bond donors (Lipinski definition) is 0. The summed E-state index contributed by atoms with van der Waals surface area (Å²) >= 11 is 0. The van der Waals surface area contributed by atoms with Gasteiger partial charge in [-0.2, -0.15) is 0 Å². The van der Waals surface area contributed by atoms with Crippen molar-refractivity contribution in [2.24, 2.45) is 0 Å². The summed E-state index contributed by atoms with van der Waals surface area (Å²) in [4.78, 5) is 38.1. The predicted octanol–water partition coefficient (Wildman–Crippen LogP) is 19.3. The Labute approximate surface area is 445 Å². The van der Waals surface area contributed by atoms with Gasteiger partial charge in [0.15, 0.2) is 6.10 Å². The Kier molecular flexibility index (Phi) is 56.8. The predicted molar refractivity (Wildman–Crippen MR) is 307 cm³/mol. The third-order valence-electron chi connectivity index (χ3n) is 13.2. The number of carbonyl (C=O) groups excluding carboxylic acids is 3. The fourth-order valence-electron chi connectivity index (χ4n) is 8.60. The minimum atomic E-state index is -0.843. The zero-order valence-electron chi connectivity index (χ0n) is 46.7. The molecular weight excluding hydrogens is 889 g/mol. The first-order chi connectivity index (χ1) is 35.5. The van der Waals surface area contributed by atoms with E-state index < -0.39 is 6.10 Å². The summed E-state index contributed by atoms with van der Waals surface area (Å²) in [6, 6.07) is 0. The van der Waals surface area contributed by atoms with Gasteiger partial charge in [0.2, 0.25) is 0 Å². The first-order valence-corrected chi connectivity index (χ1v) is 30.2. The summed E-state index contributed by atoms with van der Waals surface area (Å²) in [6.07, 6.45) is 58.2. The van der Waals surface area contributed by atoms with E-state index >= 15 is 0 Å². The van der Waals surface area contributed by atoms with Gasteiger partial charge in [-0.25, -0.2) is 0 Å². The normalized spacial score (nSPS) is 10.6. The van der Waals surface area contributed by atoms with Crippen LogP contribution in [0.3, 0.4) is 0 Å². The second-order valence-electron chi connectivity index (χ2n) is 20.2. The molecule has 0 fully saturated rings. The Morgan fingerprint density at radius 3 is 0.750 bits per heavy atom. The molecule has 6 heteroatoms. The van der Waals surface area contributed by atoms with Gasteiger partial charge in [0.1, 0.15) is 13.2 Å². The van der Waals surface area contributed by atoms with Crippen LogP contribution in [0.2, 0.25) is 0 Å². The van der Waals surface area contributed by atoms with Gasteiger partial charge in [0.05, 0.1) is 0 Å². The van der Waals surface area contributed by atoms with Gasteiger partial charge < -0.3 is 14.2 Å². The molecule has 0 bridgehead atoms. The standard InChI is InChI=1S/C66H110O6/c1-4-7-10-13-16-19-22-25-28-31-34-37-40-43-46-49-52-55-58-64(67)70-61-63(72-66(69)60-57-54-51-48-45-42-39-36-33-30-27-24-21-18-15-12-9-6-3)62-71-65(68)59-56-53-50-47-44-41-38-35-32-29-26-23-20-17-14-11-8-5-2/h4-6,63H,1-3,7-42,49-62H2. The molecule has 6 nitrogen and oxygen atoms in total. The highest BCUT2D eigenvalue weighted by Gasteiger charge is 2.19. The van der Waals surface area contributed by atoms with Gasteiger partial charge in [-0.3, -0.25) is 14.4 Å². The van der Waals surface area contributed by atoms with E-state index in [4.69, 9.17) is 14.2 Å². The molecule has 410 valence electrons. The van der Waals surface area contributed by atoms with Crippen LogP contribution in [0.1, 0.15) is 308 Å². The van der Waals surface area contributed by atoms with Crippen molar-refractivity contribution in [2.75, 3.05) is 13.2 Å². The summed E-state index contributed by atoms with van der Waals surface area (Å²) in [5, 5.41) is 0. The first-order valence-electron chi connectivity index (χ1n) is 30.2. The van der Waals surface area contributed by atoms with Crippen LogP contribution in [0, 0.1) is 35.5 Å². The van der Waals surface area contributed by atoms with E-state index in [1.165, 1.54) is 173 Å². The Morgan fingerprint density at radius 1 is 0.292 bits per heavy atom. The van der Waals surface area contributed by atoms with Crippen molar-refractivity contribution in [3.8, 4) is 35.5 Å². The number of carbonyl (C=O) groups is 3. The molecule has 0 spiro atoms. The molecule has 0 saturated carbocycles. The largest absolute Gasteiger partial charge is 0.462 e. The van der Waals surface area contributed by atoms with E-state index in [1.54, 1.807) is 0 Å². The molecule has 0 atom stereocenters. The zero-order valence-corrected chi connectivity index (χ0v) is 46.7. The average Bonchev–Trinajstić information content (AvgIpc) is 3.38. The van der Waals surface area contributed by atoms with Crippen LogP contribution < -0.4 is 0 Å². The molecule has 0 radical (unpaired) electrons. The topological polar surface area (TPSA) is 78.9 Å². The zero-order chi connectivity index (χ0) is 52.2. The summed E-state index contributed by atoms with van der Waals surface area (Å²) in [6.45, 7) is 11.1. The van der Waals surface area contributed by atoms with Gasteiger partial charge in [-0.15, -0.1) is 55.3 Å². The Morgan fingerprint density at radius 2 is 0.500 bits per heavy atom. The second kappa shape index (κ2) is 59.9. The number of allylic oxidation sites excluding steroid dienone is 3. The monoisotopic (exact) mass is 999 g/mol. The lowest BCUT2D eigenvalue weighted by molar-refractivity contribution is -0.167. The lowest BCUT2D eigenvalue weighted by Gasteiger charge is -2.18. The third-order valence-corrected chi connectivity index (χ3v) is 13.2. The number of hydrogen-bond acceptors (Lipinski definition) is 6. The van der Waals surface area contributed by atoms with Crippen molar-refractivity contribution in [2.45, 2.75) is 314 Å². The van der Waals surface area contributed by atoms with Crippen molar-refractivity contribution in [3.63, 3.8) is 0 Å². The maximum absolute atomic E-state index is 12.8.